The molecule has 9 heteroatoms. The zero-order chi connectivity index (χ0) is 16.1. The third-order valence-corrected chi connectivity index (χ3v) is 4.65. The van der Waals surface area contributed by atoms with Crippen molar-refractivity contribution in [2.75, 3.05) is 11.9 Å². The molecular formula is C14H21N7OS. The van der Waals surface area contributed by atoms with Gasteiger partial charge in [-0.15, -0.1) is 20.4 Å². The Morgan fingerprint density at radius 1 is 1.26 bits per heavy atom. The van der Waals surface area contributed by atoms with Gasteiger partial charge in [0.15, 0.2) is 0 Å². The molecule has 1 aliphatic rings. The minimum atomic E-state index is -0.260. The van der Waals surface area contributed by atoms with Crippen LogP contribution in [0.3, 0.4) is 0 Å². The molecule has 0 atom stereocenters. The first-order valence-electron chi connectivity index (χ1n) is 8.04. The summed E-state index contributed by atoms with van der Waals surface area (Å²) in [6, 6.07) is -0.260. The molecule has 2 aromatic rings. The Kier molecular flexibility index (Phi) is 5.16. The van der Waals surface area contributed by atoms with Crippen molar-refractivity contribution < 1.29 is 4.79 Å². The molecule has 2 aromatic heterocycles. The van der Waals surface area contributed by atoms with Crippen LogP contribution < -0.4 is 10.6 Å². The van der Waals surface area contributed by atoms with Gasteiger partial charge in [0.1, 0.15) is 16.7 Å². The number of nitrogens with zero attached hydrogens (tertiary/aromatic N) is 5. The lowest BCUT2D eigenvalue weighted by Gasteiger charge is -2.05. The molecule has 0 aromatic carbocycles. The van der Waals surface area contributed by atoms with Gasteiger partial charge in [-0.05, 0) is 12.8 Å². The second kappa shape index (κ2) is 7.49. The molecule has 0 unspecified atom stereocenters. The van der Waals surface area contributed by atoms with Crippen LogP contribution in [0.2, 0.25) is 0 Å². The number of hydrogen-bond acceptors (Lipinski definition) is 6. The van der Waals surface area contributed by atoms with Crippen molar-refractivity contribution in [1.82, 2.24) is 30.3 Å². The van der Waals surface area contributed by atoms with Gasteiger partial charge in [0.25, 0.3) is 0 Å². The summed E-state index contributed by atoms with van der Waals surface area (Å²) in [5.41, 5.74) is 0. The predicted molar refractivity (Wildman–Crippen MR) is 87.6 cm³/mol. The summed E-state index contributed by atoms with van der Waals surface area (Å²) >= 11 is 1.43. The van der Waals surface area contributed by atoms with E-state index in [9.17, 15) is 4.79 Å². The number of aryl methyl sites for hydroxylation is 2. The Bertz CT molecular complexity index is 666. The number of urea groups is 1. The molecule has 0 radical (unpaired) electrons. The fourth-order valence-electron chi connectivity index (χ4n) is 2.56. The molecule has 1 aliphatic heterocycles. The number of amides is 2. The summed E-state index contributed by atoms with van der Waals surface area (Å²) in [5.74, 6) is 1.99. The molecule has 0 saturated heterocycles. The number of aromatic nitrogens is 5. The maximum absolute atomic E-state index is 11.9. The molecule has 124 valence electrons. The monoisotopic (exact) mass is 335 g/mol. The number of carbonyl (C=O) groups excluding carboxylic acids is 1. The molecule has 3 rings (SSSR count). The highest BCUT2D eigenvalue weighted by Gasteiger charge is 2.17. The van der Waals surface area contributed by atoms with Crippen LogP contribution in [0.4, 0.5) is 9.93 Å². The molecule has 2 N–H and O–H groups in total. The number of carbonyl (C=O) groups is 1. The van der Waals surface area contributed by atoms with Crippen LogP contribution in [0.5, 0.6) is 0 Å². The zero-order valence-electron chi connectivity index (χ0n) is 13.2. The van der Waals surface area contributed by atoms with Gasteiger partial charge < -0.3 is 9.88 Å². The Morgan fingerprint density at radius 2 is 2.17 bits per heavy atom. The summed E-state index contributed by atoms with van der Waals surface area (Å²) in [7, 11) is 0. The normalized spacial score (nSPS) is 13.1. The fraction of sp³-hybridized carbons (Fsp3) is 0.643. The number of hydrogen-bond donors (Lipinski definition) is 2. The number of rotatable bonds is 7. The average Bonchev–Trinajstić information content (AvgIpc) is 3.23. The largest absolute Gasteiger partial charge is 0.337 e. The van der Waals surface area contributed by atoms with Crippen LogP contribution >= 0.6 is 11.3 Å². The van der Waals surface area contributed by atoms with E-state index < -0.39 is 0 Å². The highest BCUT2D eigenvalue weighted by molar-refractivity contribution is 7.15. The molecule has 2 amide bonds. The van der Waals surface area contributed by atoms with Crippen LogP contribution in [-0.2, 0) is 25.8 Å². The van der Waals surface area contributed by atoms with Gasteiger partial charge in [-0.25, -0.2) is 4.79 Å². The maximum Gasteiger partial charge on any atom is 0.321 e. The van der Waals surface area contributed by atoms with Gasteiger partial charge in [-0.2, -0.15) is 0 Å². The lowest BCUT2D eigenvalue weighted by atomic mass is 10.3. The first kappa shape index (κ1) is 15.9. The van der Waals surface area contributed by atoms with Gasteiger partial charge in [-0.3, -0.25) is 5.32 Å². The lowest BCUT2D eigenvalue weighted by molar-refractivity contribution is 0.252. The van der Waals surface area contributed by atoms with Gasteiger partial charge >= 0.3 is 6.03 Å². The van der Waals surface area contributed by atoms with E-state index in [4.69, 9.17) is 0 Å². The number of anilines is 1. The van der Waals surface area contributed by atoms with Crippen molar-refractivity contribution in [1.29, 1.82) is 0 Å². The zero-order valence-corrected chi connectivity index (χ0v) is 14.0. The van der Waals surface area contributed by atoms with Crippen molar-refractivity contribution in [3.63, 3.8) is 0 Å². The standard InChI is InChI=1S/C14H21N7OS/c1-2-3-6-12-19-20-14(23-12)16-13(22)15-8-7-11-18-17-10-5-4-9-21(10)11/h2-9H2,1H3,(H2,15,16,20,22). The highest BCUT2D eigenvalue weighted by atomic mass is 32.1. The smallest absolute Gasteiger partial charge is 0.321 e. The number of fused-ring (bicyclic) bond motifs is 1. The summed E-state index contributed by atoms with van der Waals surface area (Å²) in [5, 5.41) is 23.4. The third-order valence-electron chi connectivity index (χ3n) is 3.75. The van der Waals surface area contributed by atoms with Gasteiger partial charge in [0.2, 0.25) is 5.13 Å². The van der Waals surface area contributed by atoms with Crippen LogP contribution in [0.25, 0.3) is 0 Å². The molecule has 0 aliphatic carbocycles. The maximum atomic E-state index is 11.9. The van der Waals surface area contributed by atoms with Crippen LogP contribution in [-0.4, -0.2) is 37.5 Å². The van der Waals surface area contributed by atoms with Gasteiger partial charge in [-0.1, -0.05) is 24.7 Å². The Hall–Kier alpha value is -2.03. The quantitative estimate of drug-likeness (QED) is 0.804. The van der Waals surface area contributed by atoms with Crippen molar-refractivity contribution >= 4 is 22.5 Å². The number of nitrogens with one attached hydrogen (secondary N) is 2. The molecule has 0 fully saturated rings. The first-order chi connectivity index (χ1) is 11.3. The first-order valence-corrected chi connectivity index (χ1v) is 8.86. The SMILES string of the molecule is CCCCc1nnc(NC(=O)NCCc2nnc3n2CCC3)s1. The average molecular weight is 335 g/mol. The fourth-order valence-corrected chi connectivity index (χ4v) is 3.33. The van der Waals surface area contributed by atoms with Crippen LogP contribution in [0.1, 0.15) is 42.8 Å². The Morgan fingerprint density at radius 3 is 3.04 bits per heavy atom. The summed E-state index contributed by atoms with van der Waals surface area (Å²) in [6.07, 6.45) is 5.92. The minimum absolute atomic E-state index is 0.260. The molecule has 3 heterocycles. The Labute approximate surface area is 138 Å². The van der Waals surface area contributed by atoms with Gasteiger partial charge in [0, 0.05) is 32.4 Å². The van der Waals surface area contributed by atoms with Crippen molar-refractivity contribution in [2.45, 2.75) is 52.0 Å². The molecule has 0 spiro atoms. The number of unbranched alkanes of at least 4 members (excludes halogenated alkanes) is 1. The van der Waals surface area contributed by atoms with Crippen molar-refractivity contribution in [3.8, 4) is 0 Å². The van der Waals surface area contributed by atoms with Crippen LogP contribution in [0, 0.1) is 0 Å². The summed E-state index contributed by atoms with van der Waals surface area (Å²) in [4.78, 5) is 11.9. The van der Waals surface area contributed by atoms with Crippen molar-refractivity contribution in [2.24, 2.45) is 0 Å². The van der Waals surface area contributed by atoms with E-state index >= 15 is 0 Å². The van der Waals surface area contributed by atoms with E-state index in [1.54, 1.807) is 0 Å². The molecular weight excluding hydrogens is 314 g/mol. The van der Waals surface area contributed by atoms with E-state index in [-0.39, 0.29) is 6.03 Å². The van der Waals surface area contributed by atoms with E-state index in [0.29, 0.717) is 18.1 Å². The van der Waals surface area contributed by atoms with E-state index in [1.165, 1.54) is 11.3 Å². The van der Waals surface area contributed by atoms with E-state index in [1.807, 2.05) is 0 Å². The predicted octanol–water partition coefficient (Wildman–Crippen LogP) is 1.78. The van der Waals surface area contributed by atoms with Gasteiger partial charge in [0.05, 0.1) is 0 Å². The van der Waals surface area contributed by atoms with E-state index in [2.05, 4.69) is 42.5 Å². The topological polar surface area (TPSA) is 97.6 Å². The lowest BCUT2D eigenvalue weighted by Crippen LogP contribution is -2.30. The highest BCUT2D eigenvalue weighted by Crippen LogP contribution is 2.17. The molecule has 0 saturated carbocycles. The molecule has 0 bridgehead atoms. The third kappa shape index (κ3) is 4.04. The summed E-state index contributed by atoms with van der Waals surface area (Å²) in [6.45, 7) is 3.64. The summed E-state index contributed by atoms with van der Waals surface area (Å²) < 4.78 is 2.14. The molecule has 8 nitrogen and oxygen atoms in total. The second-order valence-electron chi connectivity index (χ2n) is 5.52. The Balaban J connectivity index is 1.41. The van der Waals surface area contributed by atoms with E-state index in [0.717, 1.165) is 55.3 Å². The second-order valence-corrected chi connectivity index (χ2v) is 6.59. The van der Waals surface area contributed by atoms with Crippen LogP contribution in [0.15, 0.2) is 0 Å². The minimum Gasteiger partial charge on any atom is -0.337 e. The molecule has 23 heavy (non-hydrogen) atoms. The van der Waals surface area contributed by atoms with Crippen molar-refractivity contribution in [3.05, 3.63) is 16.7 Å².